The van der Waals surface area contributed by atoms with Crippen LogP contribution in [0.2, 0.25) is 0 Å². The van der Waals surface area contributed by atoms with Crippen molar-refractivity contribution in [1.29, 1.82) is 0 Å². The fraction of sp³-hybridized carbons (Fsp3) is 1.00. The maximum Gasteiger partial charge on any atom is 0.0494 e. The normalized spacial score (nSPS) is 15.9. The van der Waals surface area contributed by atoms with Crippen molar-refractivity contribution >= 4 is 0 Å². The third kappa shape index (κ3) is 9.13. The van der Waals surface area contributed by atoms with E-state index >= 15 is 0 Å². The molecule has 0 atom stereocenters. The number of rotatable bonds is 11. The zero-order valence-corrected chi connectivity index (χ0v) is 10.9. The van der Waals surface area contributed by atoms with Gasteiger partial charge in [-0.3, -0.25) is 0 Å². The zero-order chi connectivity index (χ0) is 11.6. The first kappa shape index (κ1) is 13.9. The van der Waals surface area contributed by atoms with Crippen LogP contribution in [0.5, 0.6) is 0 Å². The fourth-order valence-electron chi connectivity index (χ4n) is 1.56. The van der Waals surface area contributed by atoms with Crippen molar-refractivity contribution < 1.29 is 4.74 Å². The number of hydrogen-bond acceptors (Lipinski definition) is 3. The molecule has 1 aliphatic rings. The van der Waals surface area contributed by atoms with Crippen molar-refractivity contribution in [2.24, 2.45) is 5.92 Å². The number of hydrogen-bond donors (Lipinski definition) is 2. The van der Waals surface area contributed by atoms with Gasteiger partial charge in [-0.25, -0.2) is 0 Å². The Hall–Kier alpha value is -0.120. The molecule has 0 saturated heterocycles. The van der Waals surface area contributed by atoms with Crippen LogP contribution < -0.4 is 10.6 Å². The Morgan fingerprint density at radius 1 is 1.12 bits per heavy atom. The molecule has 0 aromatic rings. The van der Waals surface area contributed by atoms with E-state index in [0.29, 0.717) is 6.04 Å². The molecule has 3 nitrogen and oxygen atoms in total. The van der Waals surface area contributed by atoms with Gasteiger partial charge in [-0.05, 0) is 51.2 Å². The van der Waals surface area contributed by atoms with Gasteiger partial charge in [-0.2, -0.15) is 0 Å². The molecule has 1 aliphatic carbocycles. The summed E-state index contributed by atoms with van der Waals surface area (Å²) in [7, 11) is 0. The smallest absolute Gasteiger partial charge is 0.0494 e. The fourth-order valence-corrected chi connectivity index (χ4v) is 1.56. The summed E-state index contributed by atoms with van der Waals surface area (Å²) >= 11 is 0. The van der Waals surface area contributed by atoms with Crippen LogP contribution >= 0.6 is 0 Å². The minimum atomic E-state index is 0.607. The Bertz CT molecular complexity index is 148. The topological polar surface area (TPSA) is 33.3 Å². The Labute approximate surface area is 100 Å². The highest BCUT2D eigenvalue weighted by Crippen LogP contribution is 2.28. The van der Waals surface area contributed by atoms with E-state index in [9.17, 15) is 0 Å². The minimum Gasteiger partial charge on any atom is -0.381 e. The highest BCUT2D eigenvalue weighted by atomic mass is 16.5. The summed E-state index contributed by atoms with van der Waals surface area (Å²) in [4.78, 5) is 0. The summed E-state index contributed by atoms with van der Waals surface area (Å²) in [6.07, 6.45) is 5.13. The second-order valence-electron chi connectivity index (χ2n) is 5.08. The Balaban J connectivity index is 1.64. The lowest BCUT2D eigenvalue weighted by Crippen LogP contribution is -2.27. The van der Waals surface area contributed by atoms with E-state index in [1.165, 1.54) is 19.3 Å². The summed E-state index contributed by atoms with van der Waals surface area (Å²) in [5.74, 6) is 0.898. The molecule has 0 heterocycles. The molecule has 0 bridgehead atoms. The first-order chi connectivity index (χ1) is 7.79. The lowest BCUT2D eigenvalue weighted by atomic mass is 10.3. The molecular formula is C13H28N2O. The third-order valence-electron chi connectivity index (χ3n) is 2.78. The van der Waals surface area contributed by atoms with Gasteiger partial charge >= 0.3 is 0 Å². The van der Waals surface area contributed by atoms with Crippen LogP contribution in [0.15, 0.2) is 0 Å². The average molecular weight is 228 g/mol. The van der Waals surface area contributed by atoms with Crippen LogP contribution in [0.4, 0.5) is 0 Å². The zero-order valence-electron chi connectivity index (χ0n) is 10.9. The molecule has 0 radical (unpaired) electrons. The predicted octanol–water partition coefficient (Wildman–Crippen LogP) is 1.78. The van der Waals surface area contributed by atoms with Crippen LogP contribution in [0.1, 0.15) is 39.5 Å². The minimum absolute atomic E-state index is 0.607. The van der Waals surface area contributed by atoms with E-state index in [-0.39, 0.29) is 0 Å². The maximum atomic E-state index is 5.56. The van der Waals surface area contributed by atoms with Crippen molar-refractivity contribution in [3.05, 3.63) is 0 Å². The molecule has 0 aromatic carbocycles. The Kier molecular flexibility index (Phi) is 7.81. The summed E-state index contributed by atoms with van der Waals surface area (Å²) in [6.45, 7) is 9.61. The van der Waals surface area contributed by atoms with E-state index in [1.807, 2.05) is 0 Å². The van der Waals surface area contributed by atoms with Crippen molar-refractivity contribution in [2.45, 2.75) is 45.6 Å². The van der Waals surface area contributed by atoms with Crippen molar-refractivity contribution in [2.75, 3.05) is 32.8 Å². The predicted molar refractivity (Wildman–Crippen MR) is 68.8 cm³/mol. The first-order valence-corrected chi connectivity index (χ1v) is 6.81. The highest BCUT2D eigenvalue weighted by Gasteiger charge is 2.20. The molecule has 3 heteroatoms. The Morgan fingerprint density at radius 2 is 1.88 bits per heavy atom. The standard InChI is InChI=1S/C13H28N2O/c1-12(2)15-9-3-7-14-8-4-10-16-11-13-5-6-13/h12-15H,3-11H2,1-2H3. The van der Waals surface area contributed by atoms with Crippen LogP contribution in [0, 0.1) is 5.92 Å². The lowest BCUT2D eigenvalue weighted by molar-refractivity contribution is 0.122. The Morgan fingerprint density at radius 3 is 2.56 bits per heavy atom. The van der Waals surface area contributed by atoms with E-state index in [1.54, 1.807) is 0 Å². The molecule has 2 N–H and O–H groups in total. The van der Waals surface area contributed by atoms with Crippen LogP contribution in [0.3, 0.4) is 0 Å². The van der Waals surface area contributed by atoms with Crippen LogP contribution in [0.25, 0.3) is 0 Å². The van der Waals surface area contributed by atoms with Crippen LogP contribution in [-0.2, 0) is 4.74 Å². The van der Waals surface area contributed by atoms with Gasteiger partial charge in [0.25, 0.3) is 0 Å². The molecule has 16 heavy (non-hydrogen) atoms. The molecule has 96 valence electrons. The van der Waals surface area contributed by atoms with Crippen molar-refractivity contribution in [1.82, 2.24) is 10.6 Å². The summed E-state index contributed by atoms with van der Waals surface area (Å²) in [5.41, 5.74) is 0. The molecule has 1 saturated carbocycles. The summed E-state index contributed by atoms with van der Waals surface area (Å²) in [6, 6.07) is 0.607. The quantitative estimate of drug-likeness (QED) is 0.529. The first-order valence-electron chi connectivity index (χ1n) is 6.81. The van der Waals surface area contributed by atoms with E-state index in [2.05, 4.69) is 24.5 Å². The SMILES string of the molecule is CC(C)NCCCNCCCOCC1CC1. The summed E-state index contributed by atoms with van der Waals surface area (Å²) in [5, 5.41) is 6.85. The van der Waals surface area contributed by atoms with E-state index < -0.39 is 0 Å². The molecule has 1 rings (SSSR count). The molecular weight excluding hydrogens is 200 g/mol. The van der Waals surface area contributed by atoms with Gasteiger partial charge in [0.05, 0.1) is 0 Å². The lowest BCUT2D eigenvalue weighted by Gasteiger charge is -2.08. The number of nitrogens with one attached hydrogen (secondary N) is 2. The van der Waals surface area contributed by atoms with Crippen LogP contribution in [-0.4, -0.2) is 38.9 Å². The second-order valence-corrected chi connectivity index (χ2v) is 5.08. The molecule has 1 fully saturated rings. The average Bonchev–Trinajstić information content (AvgIpc) is 3.04. The molecule has 0 spiro atoms. The van der Waals surface area contributed by atoms with Gasteiger partial charge in [-0.1, -0.05) is 13.8 Å². The van der Waals surface area contributed by atoms with Gasteiger partial charge in [0, 0.05) is 19.3 Å². The molecule has 0 amide bonds. The van der Waals surface area contributed by atoms with Crippen molar-refractivity contribution in [3.8, 4) is 0 Å². The second kappa shape index (κ2) is 8.97. The molecule has 0 aromatic heterocycles. The third-order valence-corrected chi connectivity index (χ3v) is 2.78. The van der Waals surface area contributed by atoms with Crippen molar-refractivity contribution in [3.63, 3.8) is 0 Å². The van der Waals surface area contributed by atoms with Gasteiger partial charge in [0.2, 0.25) is 0 Å². The largest absolute Gasteiger partial charge is 0.381 e. The van der Waals surface area contributed by atoms with Gasteiger partial charge in [0.1, 0.15) is 0 Å². The van der Waals surface area contributed by atoms with Gasteiger partial charge < -0.3 is 15.4 Å². The number of ether oxygens (including phenoxy) is 1. The summed E-state index contributed by atoms with van der Waals surface area (Å²) < 4.78 is 5.56. The molecule has 0 aliphatic heterocycles. The van der Waals surface area contributed by atoms with Gasteiger partial charge in [-0.15, -0.1) is 0 Å². The maximum absolute atomic E-state index is 5.56. The van der Waals surface area contributed by atoms with E-state index in [0.717, 1.165) is 45.2 Å². The highest BCUT2D eigenvalue weighted by molar-refractivity contribution is 4.71. The monoisotopic (exact) mass is 228 g/mol. The van der Waals surface area contributed by atoms with E-state index in [4.69, 9.17) is 4.74 Å². The van der Waals surface area contributed by atoms with Gasteiger partial charge in [0.15, 0.2) is 0 Å². The molecule has 0 unspecified atom stereocenters.